The van der Waals surface area contributed by atoms with Crippen molar-refractivity contribution in [1.29, 1.82) is 0 Å². The number of nitro benzene ring substituents is 1. The first kappa shape index (κ1) is 12.4. The van der Waals surface area contributed by atoms with E-state index in [2.05, 4.69) is 10.2 Å². The summed E-state index contributed by atoms with van der Waals surface area (Å²) in [5, 5.41) is 14.5. The molecule has 2 aliphatic heterocycles. The van der Waals surface area contributed by atoms with Crippen molar-refractivity contribution < 1.29 is 4.92 Å². The number of anilines is 1. The molecule has 1 aromatic carbocycles. The van der Waals surface area contributed by atoms with Crippen LogP contribution in [0.15, 0.2) is 18.2 Å². The molecule has 2 fully saturated rings. The molecule has 1 N–H and O–H groups in total. The molecule has 0 spiro atoms. The third-order valence-electron chi connectivity index (χ3n) is 4.22. The summed E-state index contributed by atoms with van der Waals surface area (Å²) >= 11 is 0. The van der Waals surface area contributed by atoms with Gasteiger partial charge in [-0.25, -0.2) is 0 Å². The summed E-state index contributed by atoms with van der Waals surface area (Å²) in [5.41, 5.74) is 2.13. The zero-order valence-electron chi connectivity index (χ0n) is 11.1. The maximum Gasteiger partial charge on any atom is 0.271 e. The number of rotatable bonds is 2. The second-order valence-electron chi connectivity index (χ2n) is 5.65. The number of aryl methyl sites for hydroxylation is 1. The average Bonchev–Trinajstić information content (AvgIpc) is 2.81. The molecule has 2 unspecified atom stereocenters. The molecule has 102 valence electrons. The summed E-state index contributed by atoms with van der Waals surface area (Å²) in [6, 6.07) is 5.92. The maximum atomic E-state index is 10.9. The molecule has 0 bridgehead atoms. The molecule has 0 radical (unpaired) electrons. The van der Waals surface area contributed by atoms with Crippen LogP contribution in [0.5, 0.6) is 0 Å². The molecule has 0 aromatic heterocycles. The van der Waals surface area contributed by atoms with Gasteiger partial charge in [0.25, 0.3) is 5.69 Å². The molecule has 2 atom stereocenters. The number of non-ortho nitro benzene ring substituents is 1. The lowest BCUT2D eigenvalue weighted by Crippen LogP contribution is -2.40. The number of fused-ring (bicyclic) bond motifs is 1. The quantitative estimate of drug-likeness (QED) is 0.654. The first-order chi connectivity index (χ1) is 9.13. The van der Waals surface area contributed by atoms with Crippen molar-refractivity contribution in [3.63, 3.8) is 0 Å². The fourth-order valence-corrected chi connectivity index (χ4v) is 3.29. The summed E-state index contributed by atoms with van der Waals surface area (Å²) in [4.78, 5) is 12.9. The van der Waals surface area contributed by atoms with Gasteiger partial charge in [0.05, 0.1) is 4.92 Å². The van der Waals surface area contributed by atoms with Crippen LogP contribution in [0, 0.1) is 23.0 Å². The predicted octanol–water partition coefficient (Wildman–Crippen LogP) is 2.09. The fraction of sp³-hybridized carbons (Fsp3) is 0.571. The Balaban J connectivity index is 1.84. The third kappa shape index (κ3) is 2.42. The smallest absolute Gasteiger partial charge is 0.271 e. The van der Waals surface area contributed by atoms with Gasteiger partial charge in [-0.1, -0.05) is 0 Å². The molecule has 3 rings (SSSR count). The topological polar surface area (TPSA) is 58.4 Å². The van der Waals surface area contributed by atoms with Crippen molar-refractivity contribution in [2.24, 2.45) is 5.92 Å². The van der Waals surface area contributed by atoms with Gasteiger partial charge in [-0.15, -0.1) is 0 Å². The fourth-order valence-electron chi connectivity index (χ4n) is 3.29. The molecular weight excluding hydrogens is 242 g/mol. The second-order valence-corrected chi connectivity index (χ2v) is 5.65. The van der Waals surface area contributed by atoms with Gasteiger partial charge in [0.2, 0.25) is 0 Å². The standard InChI is InChI=1S/C14H19N3O2/c1-10-5-12(7-13(6-10)17(18)19)16-8-11-3-2-4-15-14(11)9-16/h5-7,11,14-15H,2-4,8-9H2,1H3. The van der Waals surface area contributed by atoms with Gasteiger partial charge >= 0.3 is 0 Å². The number of benzene rings is 1. The second kappa shape index (κ2) is 4.81. The molecule has 0 amide bonds. The lowest BCUT2D eigenvalue weighted by atomic mass is 9.94. The normalized spacial score (nSPS) is 26.3. The Labute approximate surface area is 112 Å². The summed E-state index contributed by atoms with van der Waals surface area (Å²) in [7, 11) is 0. The molecule has 0 saturated carbocycles. The van der Waals surface area contributed by atoms with E-state index in [0.29, 0.717) is 12.0 Å². The van der Waals surface area contributed by atoms with Crippen LogP contribution in [0.4, 0.5) is 11.4 Å². The molecule has 0 aliphatic carbocycles. The zero-order valence-corrected chi connectivity index (χ0v) is 11.1. The molecule has 5 heteroatoms. The van der Waals surface area contributed by atoms with Crippen LogP contribution in [0.2, 0.25) is 0 Å². The largest absolute Gasteiger partial charge is 0.369 e. The Morgan fingerprint density at radius 3 is 2.95 bits per heavy atom. The highest BCUT2D eigenvalue weighted by atomic mass is 16.6. The van der Waals surface area contributed by atoms with Crippen LogP contribution in [-0.2, 0) is 0 Å². The zero-order chi connectivity index (χ0) is 13.4. The van der Waals surface area contributed by atoms with Crippen LogP contribution in [0.25, 0.3) is 0 Å². The Kier molecular flexibility index (Phi) is 3.14. The Hall–Kier alpha value is -1.62. The van der Waals surface area contributed by atoms with Crippen molar-refractivity contribution in [1.82, 2.24) is 5.32 Å². The van der Waals surface area contributed by atoms with Gasteiger partial charge in [-0.2, -0.15) is 0 Å². The summed E-state index contributed by atoms with van der Waals surface area (Å²) < 4.78 is 0. The highest BCUT2D eigenvalue weighted by molar-refractivity contribution is 5.56. The van der Waals surface area contributed by atoms with Crippen molar-refractivity contribution in [2.75, 3.05) is 24.5 Å². The molecular formula is C14H19N3O2. The van der Waals surface area contributed by atoms with Gasteiger partial charge < -0.3 is 10.2 Å². The molecule has 1 aromatic rings. The van der Waals surface area contributed by atoms with Gasteiger partial charge in [-0.3, -0.25) is 10.1 Å². The number of hydrogen-bond donors (Lipinski definition) is 1. The van der Waals surface area contributed by atoms with Crippen molar-refractivity contribution >= 4 is 11.4 Å². The van der Waals surface area contributed by atoms with E-state index in [-0.39, 0.29) is 10.6 Å². The third-order valence-corrected chi connectivity index (χ3v) is 4.22. The maximum absolute atomic E-state index is 10.9. The number of hydrogen-bond acceptors (Lipinski definition) is 4. The number of nitrogens with one attached hydrogen (secondary N) is 1. The van der Waals surface area contributed by atoms with Crippen molar-refractivity contribution in [3.8, 4) is 0 Å². The summed E-state index contributed by atoms with van der Waals surface area (Å²) in [6.45, 7) is 4.99. The van der Waals surface area contributed by atoms with Gasteiger partial charge in [0.1, 0.15) is 0 Å². The Bertz CT molecular complexity index is 489. The highest BCUT2D eigenvalue weighted by Crippen LogP contribution is 2.31. The van der Waals surface area contributed by atoms with E-state index in [1.807, 2.05) is 13.0 Å². The Morgan fingerprint density at radius 2 is 2.21 bits per heavy atom. The highest BCUT2D eigenvalue weighted by Gasteiger charge is 2.34. The first-order valence-electron chi connectivity index (χ1n) is 6.88. The SMILES string of the molecule is Cc1cc(N2CC3CCCNC3C2)cc([N+](=O)[O-])c1. The van der Waals surface area contributed by atoms with Crippen LogP contribution >= 0.6 is 0 Å². The lowest BCUT2D eigenvalue weighted by molar-refractivity contribution is -0.384. The van der Waals surface area contributed by atoms with E-state index in [9.17, 15) is 10.1 Å². The van der Waals surface area contributed by atoms with Gasteiger partial charge in [-0.05, 0) is 43.9 Å². The van der Waals surface area contributed by atoms with Gasteiger partial charge in [0.15, 0.2) is 0 Å². The first-order valence-corrected chi connectivity index (χ1v) is 6.88. The minimum absolute atomic E-state index is 0.192. The number of nitro groups is 1. The molecule has 2 aliphatic rings. The van der Waals surface area contributed by atoms with E-state index in [1.165, 1.54) is 12.8 Å². The van der Waals surface area contributed by atoms with E-state index < -0.39 is 0 Å². The van der Waals surface area contributed by atoms with Crippen LogP contribution in [-0.4, -0.2) is 30.6 Å². The predicted molar refractivity (Wildman–Crippen MR) is 74.6 cm³/mol. The lowest BCUT2D eigenvalue weighted by Gasteiger charge is -2.24. The summed E-state index contributed by atoms with van der Waals surface area (Å²) in [5.74, 6) is 0.688. The van der Waals surface area contributed by atoms with Crippen LogP contribution in [0.3, 0.4) is 0 Å². The van der Waals surface area contributed by atoms with Crippen LogP contribution < -0.4 is 10.2 Å². The van der Waals surface area contributed by atoms with Crippen LogP contribution in [0.1, 0.15) is 18.4 Å². The Morgan fingerprint density at radius 1 is 1.37 bits per heavy atom. The number of nitrogens with zero attached hydrogens (tertiary/aromatic N) is 2. The van der Waals surface area contributed by atoms with Gasteiger partial charge in [0, 0.05) is 37.0 Å². The monoisotopic (exact) mass is 261 g/mol. The molecule has 19 heavy (non-hydrogen) atoms. The van der Waals surface area contributed by atoms with E-state index in [1.54, 1.807) is 12.1 Å². The summed E-state index contributed by atoms with van der Waals surface area (Å²) in [6.07, 6.45) is 2.51. The van der Waals surface area contributed by atoms with E-state index >= 15 is 0 Å². The number of piperidine rings is 1. The minimum Gasteiger partial charge on any atom is -0.369 e. The van der Waals surface area contributed by atoms with Crippen molar-refractivity contribution in [3.05, 3.63) is 33.9 Å². The van der Waals surface area contributed by atoms with E-state index in [0.717, 1.165) is 30.9 Å². The average molecular weight is 261 g/mol. The minimum atomic E-state index is -0.308. The molecule has 2 heterocycles. The molecule has 5 nitrogen and oxygen atoms in total. The molecule has 2 saturated heterocycles. The van der Waals surface area contributed by atoms with Crippen molar-refractivity contribution in [2.45, 2.75) is 25.8 Å². The van der Waals surface area contributed by atoms with E-state index in [4.69, 9.17) is 0 Å².